The predicted molar refractivity (Wildman–Crippen MR) is 168 cm³/mol. The molecule has 0 unspecified atom stereocenters. The quantitative estimate of drug-likeness (QED) is 0.190. The zero-order valence-corrected chi connectivity index (χ0v) is 25.7. The third-order valence-corrected chi connectivity index (χ3v) is 8.62. The van der Waals surface area contributed by atoms with Crippen molar-refractivity contribution in [3.05, 3.63) is 111 Å². The third-order valence-electron chi connectivity index (χ3n) is 8.27. The molecule has 3 heterocycles. The number of aromatic nitrogens is 3. The van der Waals surface area contributed by atoms with Crippen molar-refractivity contribution in [2.24, 2.45) is 5.41 Å². The van der Waals surface area contributed by atoms with Gasteiger partial charge in [0.1, 0.15) is 18.2 Å². The summed E-state index contributed by atoms with van der Waals surface area (Å²) in [5.74, 6) is -0.407. The lowest BCUT2D eigenvalue weighted by molar-refractivity contribution is 0.0697. The van der Waals surface area contributed by atoms with E-state index in [1.807, 2.05) is 37.3 Å². The fraction of sp³-hybridized carbons (Fsp3) is 0.257. The number of ether oxygens (including phenoxy) is 2. The number of fused-ring (bicyclic) bond motifs is 1. The van der Waals surface area contributed by atoms with Crippen LogP contribution in [0.4, 0.5) is 4.39 Å². The first kappa shape index (κ1) is 30.3. The molecule has 3 aromatic carbocycles. The molecule has 6 rings (SSSR count). The Morgan fingerprint density at radius 1 is 1.16 bits per heavy atom. The van der Waals surface area contributed by atoms with Gasteiger partial charge >= 0.3 is 5.97 Å². The molecule has 0 bridgehead atoms. The number of hydrogen-bond donors (Lipinski definition) is 1. The average molecular weight is 625 g/mol. The van der Waals surface area contributed by atoms with Gasteiger partial charge in [0.25, 0.3) is 0 Å². The Morgan fingerprint density at radius 3 is 2.69 bits per heavy atom. The molecular formula is C35H30ClFN4O4. The number of hydrogen-bond acceptors (Lipinski definition) is 6. The van der Waals surface area contributed by atoms with E-state index in [2.05, 4.69) is 23.4 Å². The minimum absolute atomic E-state index is 0.0367. The first-order valence-electron chi connectivity index (χ1n) is 14.4. The number of halogens is 2. The van der Waals surface area contributed by atoms with Gasteiger partial charge in [0.05, 0.1) is 53.2 Å². The van der Waals surface area contributed by atoms with E-state index in [-0.39, 0.29) is 29.2 Å². The van der Waals surface area contributed by atoms with Crippen LogP contribution in [0.1, 0.15) is 58.3 Å². The molecule has 8 nitrogen and oxygen atoms in total. The van der Waals surface area contributed by atoms with Crippen molar-refractivity contribution in [1.29, 1.82) is 5.26 Å². The summed E-state index contributed by atoms with van der Waals surface area (Å²) in [6, 6.07) is 20.4. The highest BCUT2D eigenvalue weighted by molar-refractivity contribution is 6.31. The topological polar surface area (TPSA) is 110 Å². The second kappa shape index (κ2) is 12.0. The third kappa shape index (κ3) is 5.99. The molecule has 5 aromatic rings. The summed E-state index contributed by atoms with van der Waals surface area (Å²) >= 11 is 6.89. The van der Waals surface area contributed by atoms with Crippen molar-refractivity contribution >= 4 is 28.6 Å². The van der Waals surface area contributed by atoms with Crippen LogP contribution in [0.25, 0.3) is 22.3 Å². The number of pyridine rings is 1. The Morgan fingerprint density at radius 2 is 1.98 bits per heavy atom. The minimum Gasteiger partial charge on any atom is -0.478 e. The van der Waals surface area contributed by atoms with Crippen LogP contribution >= 0.6 is 11.6 Å². The first-order valence-corrected chi connectivity index (χ1v) is 14.8. The smallest absolute Gasteiger partial charge is 0.335 e. The van der Waals surface area contributed by atoms with E-state index < -0.39 is 11.8 Å². The molecule has 0 radical (unpaired) electrons. The highest BCUT2D eigenvalue weighted by Crippen LogP contribution is 2.41. The van der Waals surface area contributed by atoms with Crippen LogP contribution in [-0.2, 0) is 17.8 Å². The van der Waals surface area contributed by atoms with Crippen molar-refractivity contribution in [2.45, 2.75) is 39.8 Å². The highest BCUT2D eigenvalue weighted by Gasteiger charge is 2.39. The molecule has 45 heavy (non-hydrogen) atoms. The summed E-state index contributed by atoms with van der Waals surface area (Å²) in [6.45, 7) is 7.30. The second-order valence-electron chi connectivity index (χ2n) is 11.9. The zero-order valence-electron chi connectivity index (χ0n) is 25.0. The summed E-state index contributed by atoms with van der Waals surface area (Å²) in [5, 5.41) is 19.2. The molecule has 0 saturated carbocycles. The summed E-state index contributed by atoms with van der Waals surface area (Å²) in [5.41, 5.74) is 5.33. The molecule has 0 spiro atoms. The molecule has 0 aliphatic carbocycles. The number of imidazole rings is 1. The van der Waals surface area contributed by atoms with Crippen LogP contribution in [0.5, 0.6) is 5.88 Å². The number of carboxylic acid groups (broad SMARTS) is 1. The Bertz CT molecular complexity index is 2000. The second-order valence-corrected chi connectivity index (χ2v) is 12.3. The van der Waals surface area contributed by atoms with E-state index in [1.54, 1.807) is 30.3 Å². The molecule has 1 saturated heterocycles. The lowest BCUT2D eigenvalue weighted by atomic mass is 9.87. The largest absolute Gasteiger partial charge is 0.478 e. The number of aromatic carboxylic acids is 1. The van der Waals surface area contributed by atoms with Crippen molar-refractivity contribution < 1.29 is 23.8 Å². The Labute approximate surface area is 264 Å². The molecule has 1 fully saturated rings. The van der Waals surface area contributed by atoms with Gasteiger partial charge in [-0.05, 0) is 60.5 Å². The number of nitriles is 1. The van der Waals surface area contributed by atoms with Gasteiger partial charge in [0.15, 0.2) is 0 Å². The zero-order chi connectivity index (χ0) is 31.9. The van der Waals surface area contributed by atoms with Crippen LogP contribution in [0.2, 0.25) is 5.02 Å². The maximum absolute atomic E-state index is 14.3. The number of carboxylic acids is 1. The number of nitrogens with zero attached hydrogens (tertiary/aromatic N) is 4. The molecule has 10 heteroatoms. The summed E-state index contributed by atoms with van der Waals surface area (Å²) < 4.78 is 28.1. The fourth-order valence-corrected chi connectivity index (χ4v) is 6.01. The van der Waals surface area contributed by atoms with Gasteiger partial charge in [-0.3, -0.25) is 0 Å². The SMILES string of the molecule is Cc1cc(Cc2nc3ccc(C(=O)O)cc3n2[C@@H]2COCC2(C)C)c(Cl)cc1-c1cccc(OCc2ccc(C#N)cc2F)n1. The monoisotopic (exact) mass is 624 g/mol. The minimum atomic E-state index is -0.994. The van der Waals surface area contributed by atoms with Gasteiger partial charge in [-0.15, -0.1) is 0 Å². The van der Waals surface area contributed by atoms with E-state index in [9.17, 15) is 14.3 Å². The fourth-order valence-electron chi connectivity index (χ4n) is 5.78. The predicted octanol–water partition coefficient (Wildman–Crippen LogP) is 7.54. The maximum Gasteiger partial charge on any atom is 0.335 e. The first-order chi connectivity index (χ1) is 21.5. The number of aryl methyl sites for hydroxylation is 1. The molecule has 1 aliphatic heterocycles. The molecular weight excluding hydrogens is 595 g/mol. The average Bonchev–Trinajstić information content (AvgIpc) is 3.55. The van der Waals surface area contributed by atoms with Gasteiger partial charge in [-0.1, -0.05) is 43.6 Å². The normalized spacial score (nSPS) is 15.7. The van der Waals surface area contributed by atoms with Gasteiger partial charge < -0.3 is 19.1 Å². The molecule has 1 atom stereocenters. The van der Waals surface area contributed by atoms with Crippen LogP contribution in [0.3, 0.4) is 0 Å². The van der Waals surface area contributed by atoms with Crippen LogP contribution < -0.4 is 4.74 Å². The highest BCUT2D eigenvalue weighted by atomic mass is 35.5. The molecule has 228 valence electrons. The van der Waals surface area contributed by atoms with E-state index in [1.165, 1.54) is 12.1 Å². The number of benzene rings is 3. The van der Waals surface area contributed by atoms with Crippen LogP contribution in [0, 0.1) is 29.5 Å². The number of rotatable bonds is 8. The molecule has 2 aromatic heterocycles. The van der Waals surface area contributed by atoms with E-state index >= 15 is 0 Å². The number of carbonyl (C=O) groups is 1. The molecule has 0 amide bonds. The van der Waals surface area contributed by atoms with Gasteiger partial charge in [0.2, 0.25) is 5.88 Å². The lowest BCUT2D eigenvalue weighted by Crippen LogP contribution is -2.27. The molecule has 1 N–H and O–H groups in total. The summed E-state index contributed by atoms with van der Waals surface area (Å²) in [6.07, 6.45) is 0.427. The van der Waals surface area contributed by atoms with Crippen LogP contribution in [0.15, 0.2) is 66.7 Å². The van der Waals surface area contributed by atoms with E-state index in [4.69, 9.17) is 31.3 Å². The summed E-state index contributed by atoms with van der Waals surface area (Å²) in [4.78, 5) is 21.3. The van der Waals surface area contributed by atoms with Crippen LogP contribution in [-0.4, -0.2) is 38.8 Å². The van der Waals surface area contributed by atoms with Gasteiger partial charge in [-0.25, -0.2) is 19.2 Å². The van der Waals surface area contributed by atoms with Crippen molar-refractivity contribution in [3.8, 4) is 23.2 Å². The van der Waals surface area contributed by atoms with Crippen molar-refractivity contribution in [2.75, 3.05) is 13.2 Å². The van der Waals surface area contributed by atoms with Gasteiger partial charge in [0, 0.05) is 34.1 Å². The van der Waals surface area contributed by atoms with Crippen molar-refractivity contribution in [3.63, 3.8) is 0 Å². The van der Waals surface area contributed by atoms with Crippen molar-refractivity contribution in [1.82, 2.24) is 14.5 Å². The Hall–Kier alpha value is -4.78. The van der Waals surface area contributed by atoms with E-state index in [0.29, 0.717) is 47.3 Å². The Kier molecular flexibility index (Phi) is 8.04. The van der Waals surface area contributed by atoms with E-state index in [0.717, 1.165) is 28.0 Å². The molecule has 1 aliphatic rings. The Balaban J connectivity index is 1.30. The summed E-state index contributed by atoms with van der Waals surface area (Å²) in [7, 11) is 0. The van der Waals surface area contributed by atoms with Gasteiger partial charge in [-0.2, -0.15) is 5.26 Å². The lowest BCUT2D eigenvalue weighted by Gasteiger charge is -2.28. The maximum atomic E-state index is 14.3. The standard InChI is InChI=1S/C35H30ClFN4O4/c1-20-11-24(14-32-39-29-10-9-22(34(42)43)13-30(29)41(32)31-18-44-19-35(31,2)3)26(36)15-25(20)28-5-4-6-33(40-28)45-17-23-8-7-21(16-38)12-27(23)37/h4-13,15,31H,14,17-19H2,1-3H3,(H,42,43)/t31-/m1/s1.